The Morgan fingerprint density at radius 1 is 0.875 bits per heavy atom. The van der Waals surface area contributed by atoms with Gasteiger partial charge >= 0.3 is 0 Å². The average molecular weight is 440 g/mol. The fourth-order valence-corrected chi connectivity index (χ4v) is 3.35. The van der Waals surface area contributed by atoms with Gasteiger partial charge in [0.1, 0.15) is 17.2 Å². The summed E-state index contributed by atoms with van der Waals surface area (Å²) in [5.41, 5.74) is 3.19. The van der Waals surface area contributed by atoms with E-state index in [9.17, 15) is 9.59 Å². The molecule has 8 nitrogen and oxygen atoms in total. The third-order valence-electron chi connectivity index (χ3n) is 5.05. The first-order valence-corrected chi connectivity index (χ1v) is 10.7. The van der Waals surface area contributed by atoms with Crippen molar-refractivity contribution in [2.75, 3.05) is 20.3 Å². The normalized spacial score (nSPS) is 14.0. The molecule has 0 aromatic heterocycles. The lowest BCUT2D eigenvalue weighted by Crippen LogP contribution is -2.38. The number of nitrogens with zero attached hydrogens (tertiary/aromatic N) is 1. The quantitative estimate of drug-likeness (QED) is 0.438. The first kappa shape index (κ1) is 23.1. The number of hydrogen-bond acceptors (Lipinski definition) is 6. The lowest BCUT2D eigenvalue weighted by atomic mass is 9.95. The van der Waals surface area contributed by atoms with Crippen LogP contribution in [0.3, 0.4) is 0 Å². The van der Waals surface area contributed by atoms with Crippen LogP contribution in [0.2, 0.25) is 0 Å². The highest BCUT2D eigenvalue weighted by molar-refractivity contribution is 5.83. The fraction of sp³-hybridized carbons (Fsp3) is 0.375. The van der Waals surface area contributed by atoms with Gasteiger partial charge in [0.15, 0.2) is 13.2 Å². The molecule has 2 aromatic rings. The lowest BCUT2D eigenvalue weighted by Gasteiger charge is -2.22. The van der Waals surface area contributed by atoms with Gasteiger partial charge in [0, 0.05) is 6.04 Å². The van der Waals surface area contributed by atoms with Crippen LogP contribution >= 0.6 is 0 Å². The van der Waals surface area contributed by atoms with Crippen molar-refractivity contribution in [2.24, 2.45) is 5.10 Å². The summed E-state index contributed by atoms with van der Waals surface area (Å²) in [5.74, 6) is 1.40. The van der Waals surface area contributed by atoms with Crippen LogP contribution in [0.1, 0.15) is 37.7 Å². The third kappa shape index (κ3) is 7.94. The molecular weight excluding hydrogens is 410 g/mol. The van der Waals surface area contributed by atoms with Crippen molar-refractivity contribution in [3.05, 3.63) is 54.1 Å². The molecule has 1 saturated carbocycles. The zero-order valence-corrected chi connectivity index (χ0v) is 18.2. The van der Waals surface area contributed by atoms with Crippen molar-refractivity contribution < 1.29 is 23.8 Å². The van der Waals surface area contributed by atoms with Crippen molar-refractivity contribution in [1.29, 1.82) is 0 Å². The second kappa shape index (κ2) is 12.3. The van der Waals surface area contributed by atoms with Crippen molar-refractivity contribution in [2.45, 2.75) is 38.1 Å². The van der Waals surface area contributed by atoms with Crippen LogP contribution in [0, 0.1) is 0 Å². The van der Waals surface area contributed by atoms with Crippen LogP contribution in [0.15, 0.2) is 53.6 Å². The van der Waals surface area contributed by atoms with Crippen molar-refractivity contribution in [3.8, 4) is 17.2 Å². The highest BCUT2D eigenvalue weighted by atomic mass is 16.5. The standard InChI is InChI=1S/C24H29N3O5/c1-30-20-11-13-22(14-12-20)32-17-24(29)27-25-15-18-7-9-21(10-8-18)31-16-23(28)26-19-5-3-2-4-6-19/h7-15,19H,2-6,16-17H2,1H3,(H,26,28)(H,27,29)/b25-15-. The molecule has 8 heteroatoms. The minimum Gasteiger partial charge on any atom is -0.497 e. The van der Waals surface area contributed by atoms with Gasteiger partial charge in [-0.1, -0.05) is 19.3 Å². The summed E-state index contributed by atoms with van der Waals surface area (Å²) in [6, 6.07) is 14.3. The molecule has 170 valence electrons. The molecule has 0 bridgehead atoms. The smallest absolute Gasteiger partial charge is 0.277 e. The third-order valence-corrected chi connectivity index (χ3v) is 5.05. The molecule has 0 heterocycles. The molecule has 2 amide bonds. The largest absolute Gasteiger partial charge is 0.497 e. The summed E-state index contributed by atoms with van der Waals surface area (Å²) in [4.78, 5) is 23.9. The maximum absolute atomic E-state index is 12.0. The Hall–Kier alpha value is -3.55. The number of nitrogens with one attached hydrogen (secondary N) is 2. The molecule has 0 radical (unpaired) electrons. The van der Waals surface area contributed by atoms with E-state index in [0.29, 0.717) is 17.2 Å². The first-order chi connectivity index (χ1) is 15.6. The summed E-state index contributed by atoms with van der Waals surface area (Å²) in [6.07, 6.45) is 7.20. The minimum absolute atomic E-state index is 0.00577. The minimum atomic E-state index is -0.374. The molecule has 0 atom stereocenters. The van der Waals surface area contributed by atoms with E-state index < -0.39 is 0 Å². The van der Waals surface area contributed by atoms with E-state index in [-0.39, 0.29) is 31.1 Å². The van der Waals surface area contributed by atoms with Gasteiger partial charge in [-0.15, -0.1) is 0 Å². The zero-order chi connectivity index (χ0) is 22.6. The summed E-state index contributed by atoms with van der Waals surface area (Å²) >= 11 is 0. The van der Waals surface area contributed by atoms with Crippen molar-refractivity contribution in [1.82, 2.24) is 10.7 Å². The van der Waals surface area contributed by atoms with Gasteiger partial charge in [-0.2, -0.15) is 5.10 Å². The van der Waals surface area contributed by atoms with E-state index in [2.05, 4.69) is 15.8 Å². The molecule has 1 fully saturated rings. The monoisotopic (exact) mass is 439 g/mol. The number of hydrazone groups is 1. The van der Waals surface area contributed by atoms with E-state index in [1.165, 1.54) is 25.5 Å². The van der Waals surface area contributed by atoms with Crippen molar-refractivity contribution >= 4 is 18.0 Å². The number of carbonyl (C=O) groups excluding carboxylic acids is 2. The second-order valence-electron chi connectivity index (χ2n) is 7.52. The summed E-state index contributed by atoms with van der Waals surface area (Å²) in [5, 5.41) is 6.94. The number of benzene rings is 2. The maximum atomic E-state index is 12.0. The predicted octanol–water partition coefficient (Wildman–Crippen LogP) is 3.05. The molecule has 32 heavy (non-hydrogen) atoms. The number of carbonyl (C=O) groups is 2. The van der Waals surface area contributed by atoms with Gasteiger partial charge in [0.2, 0.25) is 0 Å². The Kier molecular flexibility index (Phi) is 8.92. The van der Waals surface area contributed by atoms with Crippen LogP contribution in [-0.4, -0.2) is 44.4 Å². The number of rotatable bonds is 10. The van der Waals surface area contributed by atoms with E-state index in [0.717, 1.165) is 18.4 Å². The van der Waals surface area contributed by atoms with Gasteiger partial charge in [0.05, 0.1) is 13.3 Å². The van der Waals surface area contributed by atoms with Crippen LogP contribution in [0.4, 0.5) is 0 Å². The molecule has 0 aliphatic heterocycles. The Labute approximate surface area is 187 Å². The Morgan fingerprint density at radius 3 is 2.06 bits per heavy atom. The molecule has 3 rings (SSSR count). The van der Waals surface area contributed by atoms with Gasteiger partial charge < -0.3 is 19.5 Å². The molecule has 0 unspecified atom stereocenters. The SMILES string of the molecule is COc1ccc(OCC(=O)N/N=C\c2ccc(OCC(=O)NC3CCCCC3)cc2)cc1. The highest BCUT2D eigenvalue weighted by Crippen LogP contribution is 2.18. The molecule has 1 aliphatic rings. The highest BCUT2D eigenvalue weighted by Gasteiger charge is 2.15. The number of amides is 2. The Bertz CT molecular complexity index is 891. The average Bonchev–Trinajstić information content (AvgIpc) is 2.83. The predicted molar refractivity (Wildman–Crippen MR) is 121 cm³/mol. The first-order valence-electron chi connectivity index (χ1n) is 10.7. The van der Waals surface area contributed by atoms with E-state index in [4.69, 9.17) is 14.2 Å². The van der Waals surface area contributed by atoms with E-state index in [1.807, 2.05) is 0 Å². The maximum Gasteiger partial charge on any atom is 0.277 e. The molecule has 1 aliphatic carbocycles. The Balaban J connectivity index is 1.34. The summed E-state index contributed by atoms with van der Waals surface area (Å²) in [7, 11) is 1.58. The van der Waals surface area contributed by atoms with E-state index >= 15 is 0 Å². The fourth-order valence-electron chi connectivity index (χ4n) is 3.35. The molecule has 0 spiro atoms. The van der Waals surface area contributed by atoms with Crippen LogP contribution in [0.25, 0.3) is 0 Å². The van der Waals surface area contributed by atoms with Crippen LogP contribution < -0.4 is 25.0 Å². The van der Waals surface area contributed by atoms with Crippen LogP contribution in [-0.2, 0) is 9.59 Å². The topological polar surface area (TPSA) is 98.2 Å². The molecule has 2 aromatic carbocycles. The van der Waals surface area contributed by atoms with Crippen molar-refractivity contribution in [3.63, 3.8) is 0 Å². The molecular formula is C24H29N3O5. The van der Waals surface area contributed by atoms with E-state index in [1.54, 1.807) is 55.6 Å². The van der Waals surface area contributed by atoms with Crippen LogP contribution in [0.5, 0.6) is 17.2 Å². The number of methoxy groups -OCH3 is 1. The van der Waals surface area contributed by atoms with Gasteiger partial charge in [-0.25, -0.2) is 5.43 Å². The summed E-state index contributed by atoms with van der Waals surface area (Å²) in [6.45, 7) is -0.159. The number of ether oxygens (including phenoxy) is 3. The second-order valence-corrected chi connectivity index (χ2v) is 7.52. The molecule has 2 N–H and O–H groups in total. The molecule has 0 saturated heterocycles. The van der Waals surface area contributed by atoms with Gasteiger partial charge in [-0.3, -0.25) is 9.59 Å². The van der Waals surface area contributed by atoms with Gasteiger partial charge in [-0.05, 0) is 66.9 Å². The number of hydrogen-bond donors (Lipinski definition) is 2. The zero-order valence-electron chi connectivity index (χ0n) is 18.2. The summed E-state index contributed by atoms with van der Waals surface area (Å²) < 4.78 is 16.0. The Morgan fingerprint density at radius 2 is 1.44 bits per heavy atom. The van der Waals surface area contributed by atoms with Gasteiger partial charge in [0.25, 0.3) is 11.8 Å². The lowest BCUT2D eigenvalue weighted by molar-refractivity contribution is -0.124.